The van der Waals surface area contributed by atoms with E-state index in [1.54, 1.807) is 0 Å². The molecule has 23 heavy (non-hydrogen) atoms. The van der Waals surface area contributed by atoms with Gasteiger partial charge in [0.25, 0.3) is 0 Å². The second kappa shape index (κ2) is 8.74. The van der Waals surface area contributed by atoms with Crippen LogP contribution >= 0.6 is 11.8 Å². The number of hydrogen-bond donors (Lipinski definition) is 2. The summed E-state index contributed by atoms with van der Waals surface area (Å²) in [5.41, 5.74) is 1.27. The van der Waals surface area contributed by atoms with Gasteiger partial charge in [-0.3, -0.25) is 4.79 Å². The first-order valence-electron chi connectivity index (χ1n) is 8.66. The quantitative estimate of drug-likeness (QED) is 0.803. The van der Waals surface area contributed by atoms with Crippen LogP contribution in [0.1, 0.15) is 45.6 Å². The second-order valence-corrected chi connectivity index (χ2v) is 9.33. The number of hydrogen-bond acceptors (Lipinski definition) is 3. The molecule has 0 aliphatic carbocycles. The van der Waals surface area contributed by atoms with E-state index in [-0.39, 0.29) is 10.7 Å². The Bertz CT molecular complexity index is 478. The predicted octanol–water partition coefficient (Wildman–Crippen LogP) is 3.39. The normalized spacial score (nSPS) is 19.5. The number of rotatable bonds is 7. The van der Waals surface area contributed by atoms with E-state index in [1.165, 1.54) is 18.4 Å². The van der Waals surface area contributed by atoms with Crippen molar-refractivity contribution in [2.45, 2.75) is 62.5 Å². The monoisotopic (exact) mass is 334 g/mol. The van der Waals surface area contributed by atoms with Crippen LogP contribution in [-0.4, -0.2) is 35.0 Å². The molecule has 1 fully saturated rings. The van der Waals surface area contributed by atoms with Crippen molar-refractivity contribution in [3.05, 3.63) is 35.9 Å². The van der Waals surface area contributed by atoms with Gasteiger partial charge in [-0.1, -0.05) is 51.1 Å². The molecular formula is C19H30N2OS. The van der Waals surface area contributed by atoms with Gasteiger partial charge in [0, 0.05) is 29.0 Å². The summed E-state index contributed by atoms with van der Waals surface area (Å²) in [6, 6.07) is 10.8. The van der Waals surface area contributed by atoms with E-state index >= 15 is 0 Å². The molecular weight excluding hydrogens is 304 g/mol. The maximum Gasteiger partial charge on any atom is 0.221 e. The van der Waals surface area contributed by atoms with E-state index in [9.17, 15) is 4.79 Å². The Balaban J connectivity index is 1.79. The molecule has 1 heterocycles. The highest BCUT2D eigenvalue weighted by atomic mass is 32.2. The molecule has 2 rings (SSSR count). The highest BCUT2D eigenvalue weighted by Gasteiger charge is 2.30. The summed E-state index contributed by atoms with van der Waals surface area (Å²) in [5.74, 6) is 0.177. The van der Waals surface area contributed by atoms with Crippen molar-refractivity contribution in [3.8, 4) is 0 Å². The zero-order valence-electron chi connectivity index (χ0n) is 14.6. The lowest BCUT2D eigenvalue weighted by atomic mass is 10.1. The van der Waals surface area contributed by atoms with Gasteiger partial charge in [0.05, 0.1) is 0 Å². The van der Waals surface area contributed by atoms with Crippen LogP contribution in [-0.2, 0) is 11.2 Å². The lowest BCUT2D eigenvalue weighted by molar-refractivity contribution is -0.121. The molecule has 128 valence electrons. The minimum Gasteiger partial charge on any atom is -0.356 e. The Hall–Kier alpha value is -1.00. The third kappa shape index (κ3) is 6.96. The Morgan fingerprint density at radius 3 is 2.70 bits per heavy atom. The van der Waals surface area contributed by atoms with Crippen molar-refractivity contribution >= 4 is 17.7 Å². The maximum absolute atomic E-state index is 12.3. The van der Waals surface area contributed by atoms with Crippen molar-refractivity contribution in [3.63, 3.8) is 0 Å². The molecule has 0 radical (unpaired) electrons. The Kier molecular flexibility index (Phi) is 6.97. The maximum atomic E-state index is 12.3. The molecule has 4 heteroatoms. The van der Waals surface area contributed by atoms with E-state index in [4.69, 9.17) is 0 Å². The van der Waals surface area contributed by atoms with Crippen molar-refractivity contribution in [2.24, 2.45) is 0 Å². The molecule has 1 aliphatic heterocycles. The molecule has 1 amide bonds. The van der Waals surface area contributed by atoms with E-state index in [2.05, 4.69) is 43.5 Å². The fraction of sp³-hybridized carbons (Fsp3) is 0.632. The number of benzene rings is 1. The average molecular weight is 335 g/mol. The van der Waals surface area contributed by atoms with Gasteiger partial charge >= 0.3 is 0 Å². The van der Waals surface area contributed by atoms with Crippen LogP contribution in [0.3, 0.4) is 0 Å². The number of thioether (sulfide) groups is 1. The SMILES string of the molecule is CC(C)(C)SC(CC(=O)NCCc1ccccc1)C1CCCN1. The molecule has 2 N–H and O–H groups in total. The summed E-state index contributed by atoms with van der Waals surface area (Å²) < 4.78 is 0.180. The molecule has 1 aliphatic rings. The zero-order chi connectivity index (χ0) is 16.7. The summed E-state index contributed by atoms with van der Waals surface area (Å²) in [5, 5.41) is 7.01. The van der Waals surface area contributed by atoms with Crippen LogP contribution in [0.2, 0.25) is 0 Å². The zero-order valence-corrected chi connectivity index (χ0v) is 15.4. The number of nitrogens with one attached hydrogen (secondary N) is 2. The van der Waals surface area contributed by atoms with Gasteiger partial charge in [-0.25, -0.2) is 0 Å². The first-order chi connectivity index (χ1) is 10.9. The second-order valence-electron chi connectivity index (χ2n) is 7.26. The van der Waals surface area contributed by atoms with E-state index < -0.39 is 0 Å². The fourth-order valence-electron chi connectivity index (χ4n) is 2.99. The molecule has 0 aromatic heterocycles. The fourth-order valence-corrected chi connectivity index (χ4v) is 4.53. The van der Waals surface area contributed by atoms with Crippen LogP contribution < -0.4 is 10.6 Å². The van der Waals surface area contributed by atoms with Crippen LogP contribution in [0.5, 0.6) is 0 Å². The Morgan fingerprint density at radius 1 is 1.35 bits per heavy atom. The Labute approximate surface area is 145 Å². The topological polar surface area (TPSA) is 41.1 Å². The molecule has 1 aromatic carbocycles. The Morgan fingerprint density at radius 2 is 2.09 bits per heavy atom. The van der Waals surface area contributed by atoms with Gasteiger partial charge in [0.2, 0.25) is 5.91 Å². The predicted molar refractivity (Wildman–Crippen MR) is 99.9 cm³/mol. The molecule has 3 nitrogen and oxygen atoms in total. The van der Waals surface area contributed by atoms with Crippen LogP contribution in [0.25, 0.3) is 0 Å². The van der Waals surface area contributed by atoms with Gasteiger partial charge < -0.3 is 10.6 Å². The molecule has 2 unspecified atom stereocenters. The minimum atomic E-state index is 0.177. The molecule has 2 atom stereocenters. The largest absolute Gasteiger partial charge is 0.356 e. The van der Waals surface area contributed by atoms with Crippen LogP contribution in [0.4, 0.5) is 0 Å². The van der Waals surface area contributed by atoms with E-state index in [1.807, 2.05) is 30.0 Å². The van der Waals surface area contributed by atoms with Gasteiger partial charge in [0.1, 0.15) is 0 Å². The van der Waals surface area contributed by atoms with Crippen molar-refractivity contribution < 1.29 is 4.79 Å². The highest BCUT2D eigenvalue weighted by Crippen LogP contribution is 2.34. The van der Waals surface area contributed by atoms with Crippen LogP contribution in [0.15, 0.2) is 30.3 Å². The highest BCUT2D eigenvalue weighted by molar-refractivity contribution is 8.01. The van der Waals surface area contributed by atoms with Crippen molar-refractivity contribution in [2.75, 3.05) is 13.1 Å². The van der Waals surface area contributed by atoms with Gasteiger partial charge in [0.15, 0.2) is 0 Å². The summed E-state index contributed by atoms with van der Waals surface area (Å²) in [7, 11) is 0. The number of carbonyl (C=O) groups is 1. The van der Waals surface area contributed by atoms with Crippen molar-refractivity contribution in [1.29, 1.82) is 0 Å². The lowest BCUT2D eigenvalue weighted by Gasteiger charge is -2.29. The van der Waals surface area contributed by atoms with E-state index in [0.717, 1.165) is 13.0 Å². The molecule has 1 aromatic rings. The average Bonchev–Trinajstić information content (AvgIpc) is 3.00. The first kappa shape index (κ1) is 18.3. The lowest BCUT2D eigenvalue weighted by Crippen LogP contribution is -2.39. The van der Waals surface area contributed by atoms with E-state index in [0.29, 0.717) is 24.3 Å². The summed E-state index contributed by atoms with van der Waals surface area (Å²) in [6.07, 6.45) is 3.91. The third-order valence-corrected chi connectivity index (χ3v) is 5.52. The first-order valence-corrected chi connectivity index (χ1v) is 9.54. The summed E-state index contributed by atoms with van der Waals surface area (Å²) in [6.45, 7) is 8.49. The van der Waals surface area contributed by atoms with Gasteiger partial charge in [-0.2, -0.15) is 11.8 Å². The summed E-state index contributed by atoms with van der Waals surface area (Å²) >= 11 is 1.93. The number of carbonyl (C=O) groups excluding carboxylic acids is 1. The number of amides is 1. The molecule has 0 spiro atoms. The molecule has 1 saturated heterocycles. The van der Waals surface area contributed by atoms with Gasteiger partial charge in [-0.15, -0.1) is 0 Å². The van der Waals surface area contributed by atoms with Crippen molar-refractivity contribution in [1.82, 2.24) is 10.6 Å². The third-order valence-electron chi connectivity index (χ3n) is 4.02. The summed E-state index contributed by atoms with van der Waals surface area (Å²) in [4.78, 5) is 12.3. The molecule has 0 bridgehead atoms. The standard InChI is InChI=1S/C19H30N2OS/c1-19(2,3)23-17(16-10-7-12-20-16)14-18(22)21-13-11-15-8-5-4-6-9-15/h4-6,8-9,16-17,20H,7,10-14H2,1-3H3,(H,21,22). The van der Waals surface area contributed by atoms with Gasteiger partial charge in [-0.05, 0) is 31.4 Å². The smallest absolute Gasteiger partial charge is 0.221 e. The molecule has 0 saturated carbocycles. The minimum absolute atomic E-state index is 0.177. The van der Waals surface area contributed by atoms with Crippen LogP contribution in [0, 0.1) is 0 Å².